The average molecular weight is 885 g/mol. The molecule has 0 saturated carbocycles. The van der Waals surface area contributed by atoms with Gasteiger partial charge in [-0.05, 0) is 58.9 Å². The van der Waals surface area contributed by atoms with Crippen LogP contribution >= 0.6 is 7.82 Å². The third kappa shape index (κ3) is 14.2. The topological polar surface area (TPSA) is 200 Å². The van der Waals surface area contributed by atoms with E-state index < -0.39 is 66.8 Å². The van der Waals surface area contributed by atoms with E-state index in [-0.39, 0.29) is 31.8 Å². The molecule has 1 saturated heterocycles. The van der Waals surface area contributed by atoms with Gasteiger partial charge in [-0.3, -0.25) is 19.1 Å². The third-order valence-corrected chi connectivity index (χ3v) is 11.5. The van der Waals surface area contributed by atoms with Gasteiger partial charge in [-0.25, -0.2) is 14.2 Å². The number of nitrogens with one attached hydrogen (secondary N) is 3. The van der Waals surface area contributed by atoms with E-state index >= 15 is 0 Å². The van der Waals surface area contributed by atoms with Gasteiger partial charge in [0.15, 0.2) is 0 Å². The van der Waals surface area contributed by atoms with Crippen LogP contribution in [-0.2, 0) is 42.8 Å². The highest BCUT2D eigenvalue weighted by Crippen LogP contribution is 2.40. The van der Waals surface area contributed by atoms with Crippen molar-refractivity contribution in [2.45, 2.75) is 97.6 Å². The first-order chi connectivity index (χ1) is 29.7. The number of hydrogen-bond acceptors (Lipinski definition) is 8. The number of methoxy groups -OCH3 is 1. The van der Waals surface area contributed by atoms with Crippen LogP contribution in [0.1, 0.15) is 64.7 Å². The minimum Gasteiger partial charge on any atom is -0.453 e. The lowest BCUT2D eigenvalue weighted by Crippen LogP contribution is -2.59. The molecule has 0 spiro atoms. The summed E-state index contributed by atoms with van der Waals surface area (Å²) in [5.41, 5.74) is 2.52. The smallest absolute Gasteiger partial charge is 0.453 e. The van der Waals surface area contributed by atoms with E-state index in [1.807, 2.05) is 124 Å². The highest BCUT2D eigenvalue weighted by molar-refractivity contribution is 7.46. The molecule has 0 radical (unpaired) electrons. The minimum atomic E-state index is -5.25. The largest absolute Gasteiger partial charge is 0.469 e. The molecule has 2 heterocycles. The summed E-state index contributed by atoms with van der Waals surface area (Å²) in [5, 5.41) is 8.72. The normalized spacial score (nSPS) is 15.8. The molecule has 5 amide bonds. The van der Waals surface area contributed by atoms with Crippen molar-refractivity contribution in [2.75, 3.05) is 20.2 Å². The Hall–Kier alpha value is -5.60. The molecule has 15 nitrogen and oxygen atoms in total. The Labute approximate surface area is 370 Å². The van der Waals surface area contributed by atoms with Crippen molar-refractivity contribution in [3.63, 3.8) is 0 Å². The zero-order chi connectivity index (χ0) is 46.0. The minimum absolute atomic E-state index is 0.0795. The van der Waals surface area contributed by atoms with Gasteiger partial charge in [0, 0.05) is 37.4 Å². The first-order valence-corrected chi connectivity index (χ1v) is 22.6. The Kier molecular flexibility index (Phi) is 16.3. The van der Waals surface area contributed by atoms with Crippen LogP contribution in [0.2, 0.25) is 0 Å². The molecule has 16 heteroatoms. The molecule has 1 aliphatic rings. The maximum atomic E-state index is 14.8. The van der Waals surface area contributed by atoms with E-state index in [4.69, 9.17) is 9.26 Å². The second-order valence-corrected chi connectivity index (χ2v) is 19.3. The number of ether oxygens (including phenoxy) is 1. The summed E-state index contributed by atoms with van der Waals surface area (Å²) in [4.78, 5) is 84.0. The second kappa shape index (κ2) is 21.2. The van der Waals surface area contributed by atoms with E-state index in [0.29, 0.717) is 13.1 Å². The number of hydrogen-bond donors (Lipinski definition) is 5. The first kappa shape index (κ1) is 48.4. The molecule has 338 valence electrons. The molecule has 5 rings (SSSR count). The Bertz CT molecular complexity index is 2180. The number of pyridine rings is 1. The van der Waals surface area contributed by atoms with Crippen LogP contribution in [0.4, 0.5) is 9.59 Å². The van der Waals surface area contributed by atoms with Gasteiger partial charge in [0.1, 0.15) is 12.1 Å². The fourth-order valence-corrected chi connectivity index (χ4v) is 8.48. The third-order valence-electron chi connectivity index (χ3n) is 10.9. The van der Waals surface area contributed by atoms with Crippen molar-refractivity contribution in [1.82, 2.24) is 30.7 Å². The van der Waals surface area contributed by atoms with E-state index in [1.165, 1.54) is 7.11 Å². The molecule has 1 aliphatic heterocycles. The van der Waals surface area contributed by atoms with Crippen LogP contribution in [0.15, 0.2) is 109 Å². The molecule has 5 atom stereocenters. The molecule has 63 heavy (non-hydrogen) atoms. The van der Waals surface area contributed by atoms with Crippen LogP contribution in [-0.4, -0.2) is 99.0 Å². The molecule has 5 N–H and O–H groups in total. The quantitative estimate of drug-likeness (QED) is 0.0688. The number of urea groups is 1. The number of alkyl carbamates (subject to hydrolysis) is 1. The van der Waals surface area contributed by atoms with Crippen molar-refractivity contribution in [2.24, 2.45) is 10.8 Å². The second-order valence-electron chi connectivity index (χ2n) is 18.1. The summed E-state index contributed by atoms with van der Waals surface area (Å²) >= 11 is 0. The number of carbonyl (C=O) groups is 4. The monoisotopic (exact) mass is 884 g/mol. The van der Waals surface area contributed by atoms with Gasteiger partial charge in [-0.1, -0.05) is 133 Å². The van der Waals surface area contributed by atoms with Gasteiger partial charge in [-0.2, -0.15) is 0 Å². The SMILES string of the molecule is COC(=O)N[C@H](C(=O)N[C@H](Cc1ccc(-c2ccccn2)cc1)C[C@H](OP(=O)(O)O)[C@H](Cc1ccccc1)NC(=O)[C@@H](N1CCN(Cc2ccccc2)C1=O)C(C)(C)C)C(C)(C)C. The molecule has 4 aromatic rings. The standard InChI is InChI=1S/C47H61N6O9P/c1-46(2,3)40(51-44(56)61-7)42(54)49-36(28-33-21-23-35(24-22-33)37-20-14-15-25-48-37)30-39(62-63(58,59)60)38(29-32-16-10-8-11-17-32)50-43(55)41(47(4,5)6)53-27-26-52(45(53)57)31-34-18-12-9-13-19-34/h8-25,36,38-41H,26-31H2,1-7H3,(H,49,54)(H,50,55)(H,51,56)(H2,58,59,60)/t36-,38+,39+,40-,41-/m1/s1. The molecule has 0 unspecified atom stereocenters. The molecular formula is C47H61N6O9P. The predicted molar refractivity (Wildman–Crippen MR) is 240 cm³/mol. The van der Waals surface area contributed by atoms with Crippen LogP contribution in [0.5, 0.6) is 0 Å². The Balaban J connectivity index is 1.51. The number of aromatic nitrogens is 1. The van der Waals surface area contributed by atoms with Crippen LogP contribution in [0.25, 0.3) is 11.3 Å². The van der Waals surface area contributed by atoms with Crippen molar-refractivity contribution in [1.29, 1.82) is 0 Å². The zero-order valence-electron chi connectivity index (χ0n) is 37.1. The maximum absolute atomic E-state index is 14.8. The summed E-state index contributed by atoms with van der Waals surface area (Å²) in [6, 6.07) is 27.5. The number of amides is 5. The Morgan fingerprint density at radius 2 is 1.35 bits per heavy atom. The summed E-state index contributed by atoms with van der Waals surface area (Å²) in [6.45, 7) is 12.0. The molecule has 0 aliphatic carbocycles. The van der Waals surface area contributed by atoms with E-state index in [0.717, 1.165) is 27.9 Å². The van der Waals surface area contributed by atoms with Crippen LogP contribution in [0.3, 0.4) is 0 Å². The summed E-state index contributed by atoms with van der Waals surface area (Å²) in [6.07, 6.45) is -0.453. The first-order valence-electron chi connectivity index (χ1n) is 21.0. The lowest BCUT2D eigenvalue weighted by atomic mass is 9.84. The summed E-state index contributed by atoms with van der Waals surface area (Å²) < 4.78 is 23.3. The van der Waals surface area contributed by atoms with E-state index in [1.54, 1.807) is 36.8 Å². The lowest BCUT2D eigenvalue weighted by molar-refractivity contribution is -0.130. The zero-order valence-corrected chi connectivity index (χ0v) is 38.0. The maximum Gasteiger partial charge on any atom is 0.469 e. The number of phosphoric ester groups is 1. The fourth-order valence-electron chi connectivity index (χ4n) is 7.90. The molecule has 0 bridgehead atoms. The number of nitrogens with zero attached hydrogens (tertiary/aromatic N) is 3. The molecular weight excluding hydrogens is 824 g/mol. The van der Waals surface area contributed by atoms with E-state index in [2.05, 4.69) is 20.9 Å². The van der Waals surface area contributed by atoms with E-state index in [9.17, 15) is 33.5 Å². The van der Waals surface area contributed by atoms with Gasteiger partial charge in [-0.15, -0.1) is 0 Å². The van der Waals surface area contributed by atoms with Gasteiger partial charge in [0.05, 0.1) is 24.9 Å². The number of rotatable bonds is 18. The van der Waals surface area contributed by atoms with Gasteiger partial charge in [0.25, 0.3) is 0 Å². The van der Waals surface area contributed by atoms with Gasteiger partial charge >= 0.3 is 19.9 Å². The fraction of sp³-hybridized carbons (Fsp3) is 0.426. The van der Waals surface area contributed by atoms with Crippen LogP contribution in [0, 0.1) is 10.8 Å². The van der Waals surface area contributed by atoms with Crippen molar-refractivity contribution in [3.05, 3.63) is 126 Å². The highest BCUT2D eigenvalue weighted by atomic mass is 31.2. The van der Waals surface area contributed by atoms with Crippen molar-refractivity contribution in [3.8, 4) is 11.3 Å². The summed E-state index contributed by atoms with van der Waals surface area (Å²) in [5.74, 6) is -1.10. The lowest BCUT2D eigenvalue weighted by Gasteiger charge is -2.39. The summed E-state index contributed by atoms with van der Waals surface area (Å²) in [7, 11) is -4.06. The number of carbonyl (C=O) groups excluding carboxylic acids is 4. The van der Waals surface area contributed by atoms with Crippen LogP contribution < -0.4 is 16.0 Å². The molecule has 1 aromatic heterocycles. The van der Waals surface area contributed by atoms with Crippen molar-refractivity contribution < 1.29 is 42.8 Å². The Morgan fingerprint density at radius 3 is 1.90 bits per heavy atom. The number of benzene rings is 3. The average Bonchev–Trinajstić information content (AvgIpc) is 3.56. The molecule has 3 aromatic carbocycles. The van der Waals surface area contributed by atoms with Crippen molar-refractivity contribution >= 4 is 31.8 Å². The predicted octanol–water partition coefficient (Wildman–Crippen LogP) is 6.49. The Morgan fingerprint density at radius 1 is 0.746 bits per heavy atom. The molecule has 1 fully saturated rings. The van der Waals surface area contributed by atoms with Gasteiger partial charge < -0.3 is 40.3 Å². The number of phosphoric acid groups is 1. The van der Waals surface area contributed by atoms with Gasteiger partial charge in [0.2, 0.25) is 11.8 Å². The highest BCUT2D eigenvalue weighted by Gasteiger charge is 2.45.